The molecule has 0 bridgehead atoms. The van der Waals surface area contributed by atoms with E-state index in [0.29, 0.717) is 6.42 Å². The lowest BCUT2D eigenvalue weighted by Gasteiger charge is -2.19. The van der Waals surface area contributed by atoms with Gasteiger partial charge in [0.05, 0.1) is 23.1 Å². The van der Waals surface area contributed by atoms with Crippen LogP contribution < -0.4 is 0 Å². The Labute approximate surface area is 147 Å². The van der Waals surface area contributed by atoms with Gasteiger partial charge in [-0.15, -0.1) is 0 Å². The van der Waals surface area contributed by atoms with E-state index in [2.05, 4.69) is 0 Å². The maximum atomic E-state index is 11.9. The van der Waals surface area contributed by atoms with Gasteiger partial charge in [0.15, 0.2) is 21.5 Å². The van der Waals surface area contributed by atoms with Crippen molar-refractivity contribution in [1.29, 1.82) is 0 Å². The fraction of sp³-hybridized carbons (Fsp3) is 0.647. The maximum absolute atomic E-state index is 11.9. The Kier molecular flexibility index (Phi) is 4.19. The minimum Gasteiger partial charge on any atom is -0.466 e. The van der Waals surface area contributed by atoms with Gasteiger partial charge >= 0.3 is 0 Å². The molecule has 0 aromatic carbocycles. The number of ether oxygens (including phenoxy) is 1. The van der Waals surface area contributed by atoms with Crippen molar-refractivity contribution in [2.75, 3.05) is 24.7 Å². The van der Waals surface area contributed by atoms with Crippen LogP contribution in [0.25, 0.3) is 11.4 Å². The molecule has 1 unspecified atom stereocenters. The van der Waals surface area contributed by atoms with E-state index in [0.717, 1.165) is 54.8 Å². The molecule has 0 N–H and O–H groups in total. The molecular formula is C17H23N3O4S. The van der Waals surface area contributed by atoms with Gasteiger partial charge in [-0.05, 0) is 39.2 Å². The number of furan rings is 1. The van der Waals surface area contributed by atoms with Crippen molar-refractivity contribution in [3.63, 3.8) is 0 Å². The largest absolute Gasteiger partial charge is 0.466 e. The first-order chi connectivity index (χ1) is 11.9. The lowest BCUT2D eigenvalue weighted by atomic mass is 10.00. The maximum Gasteiger partial charge on any atom is 0.162 e. The number of aryl methyl sites for hydroxylation is 2. The highest BCUT2D eigenvalue weighted by Gasteiger charge is 2.34. The molecule has 2 aromatic heterocycles. The van der Waals surface area contributed by atoms with E-state index in [1.165, 1.54) is 0 Å². The van der Waals surface area contributed by atoms with Gasteiger partial charge in [0, 0.05) is 19.1 Å². The third-order valence-corrected chi connectivity index (χ3v) is 6.82. The Morgan fingerprint density at radius 2 is 1.96 bits per heavy atom. The van der Waals surface area contributed by atoms with Gasteiger partial charge in [0.1, 0.15) is 11.5 Å². The molecular weight excluding hydrogens is 342 g/mol. The van der Waals surface area contributed by atoms with Crippen molar-refractivity contribution < 1.29 is 17.6 Å². The van der Waals surface area contributed by atoms with Crippen molar-refractivity contribution in [2.24, 2.45) is 0 Å². The van der Waals surface area contributed by atoms with Gasteiger partial charge in [0.2, 0.25) is 0 Å². The lowest BCUT2D eigenvalue weighted by molar-refractivity contribution is 0.0835. The minimum absolute atomic E-state index is 0.131. The van der Waals surface area contributed by atoms with Crippen LogP contribution in [-0.4, -0.2) is 47.9 Å². The van der Waals surface area contributed by atoms with Gasteiger partial charge in [-0.1, -0.05) is 0 Å². The van der Waals surface area contributed by atoms with Crippen LogP contribution in [-0.2, 0) is 14.6 Å². The third kappa shape index (κ3) is 3.25. The van der Waals surface area contributed by atoms with Gasteiger partial charge in [-0.25, -0.2) is 18.1 Å². The van der Waals surface area contributed by atoms with E-state index >= 15 is 0 Å². The molecule has 2 aromatic rings. The van der Waals surface area contributed by atoms with E-state index in [-0.39, 0.29) is 23.5 Å². The van der Waals surface area contributed by atoms with Crippen molar-refractivity contribution in [1.82, 2.24) is 14.8 Å². The summed E-state index contributed by atoms with van der Waals surface area (Å²) in [6.07, 6.45) is 2.38. The highest BCUT2D eigenvalue weighted by molar-refractivity contribution is 7.91. The average Bonchev–Trinajstić information content (AvgIpc) is 3.24. The molecule has 1 atom stereocenters. The van der Waals surface area contributed by atoms with Crippen LogP contribution in [0, 0.1) is 13.8 Å². The zero-order valence-electron chi connectivity index (χ0n) is 14.6. The molecule has 0 amide bonds. The average molecular weight is 365 g/mol. The van der Waals surface area contributed by atoms with Crippen LogP contribution in [0.4, 0.5) is 0 Å². The molecule has 4 heterocycles. The number of sulfone groups is 1. The van der Waals surface area contributed by atoms with Crippen LogP contribution in [0.3, 0.4) is 0 Å². The smallest absolute Gasteiger partial charge is 0.162 e. The summed E-state index contributed by atoms with van der Waals surface area (Å²) in [6, 6.07) is 1.79. The topological polar surface area (TPSA) is 87.2 Å². The number of aromatic nitrogens is 3. The molecule has 2 fully saturated rings. The standard InChI is InChI=1S/C17H23N3O4S/c1-11-9-15(12(2)24-11)17-18-16(13-3-6-23-7-4-13)19-20(17)14-5-8-25(21,22)10-14/h9,13-14H,3-8,10H2,1-2H3. The van der Waals surface area contributed by atoms with Crippen LogP contribution in [0.2, 0.25) is 0 Å². The monoisotopic (exact) mass is 365 g/mol. The first-order valence-electron chi connectivity index (χ1n) is 8.75. The highest BCUT2D eigenvalue weighted by atomic mass is 32.2. The van der Waals surface area contributed by atoms with Crippen molar-refractivity contribution in [2.45, 2.75) is 45.1 Å². The number of nitrogens with zero attached hydrogens (tertiary/aromatic N) is 3. The zero-order chi connectivity index (χ0) is 17.6. The van der Waals surface area contributed by atoms with E-state index in [1.54, 1.807) is 0 Å². The molecule has 0 spiro atoms. The fourth-order valence-corrected chi connectivity index (χ4v) is 5.42. The van der Waals surface area contributed by atoms with E-state index in [9.17, 15) is 8.42 Å². The molecule has 25 heavy (non-hydrogen) atoms. The summed E-state index contributed by atoms with van der Waals surface area (Å²) in [5.41, 5.74) is 0.896. The third-order valence-electron chi connectivity index (χ3n) is 5.07. The van der Waals surface area contributed by atoms with E-state index < -0.39 is 9.84 Å². The molecule has 0 radical (unpaired) electrons. The summed E-state index contributed by atoms with van der Waals surface area (Å²) < 4.78 is 36.8. The first-order valence-corrected chi connectivity index (χ1v) is 10.6. The van der Waals surface area contributed by atoms with Crippen LogP contribution >= 0.6 is 0 Å². The first kappa shape index (κ1) is 16.8. The number of hydrogen-bond donors (Lipinski definition) is 0. The Morgan fingerprint density at radius 3 is 2.56 bits per heavy atom. The van der Waals surface area contributed by atoms with Crippen molar-refractivity contribution in [3.8, 4) is 11.4 Å². The summed E-state index contributed by atoms with van der Waals surface area (Å²) in [4.78, 5) is 4.81. The Hall–Kier alpha value is -1.67. The predicted octanol–water partition coefficient (Wildman–Crippen LogP) is 2.41. The SMILES string of the molecule is Cc1cc(-c2nc(C3CCOCC3)nn2C2CCS(=O)(=O)C2)c(C)o1. The Morgan fingerprint density at radius 1 is 1.20 bits per heavy atom. The molecule has 2 saturated heterocycles. The molecule has 0 saturated carbocycles. The lowest BCUT2D eigenvalue weighted by Crippen LogP contribution is -2.17. The fourth-order valence-electron chi connectivity index (χ4n) is 3.73. The summed E-state index contributed by atoms with van der Waals surface area (Å²) >= 11 is 0. The molecule has 136 valence electrons. The predicted molar refractivity (Wildman–Crippen MR) is 92.3 cm³/mol. The molecule has 0 aliphatic carbocycles. The quantitative estimate of drug-likeness (QED) is 0.830. The van der Waals surface area contributed by atoms with Gasteiger partial charge in [-0.2, -0.15) is 5.10 Å². The second-order valence-electron chi connectivity index (χ2n) is 7.01. The second-order valence-corrected chi connectivity index (χ2v) is 9.24. The molecule has 2 aliphatic heterocycles. The molecule has 8 heteroatoms. The Balaban J connectivity index is 1.77. The van der Waals surface area contributed by atoms with Crippen molar-refractivity contribution in [3.05, 3.63) is 23.4 Å². The zero-order valence-corrected chi connectivity index (χ0v) is 15.4. The molecule has 2 aliphatic rings. The van der Waals surface area contributed by atoms with E-state index in [1.807, 2.05) is 24.6 Å². The molecule has 7 nitrogen and oxygen atoms in total. The Bertz CT molecular complexity index is 878. The van der Waals surface area contributed by atoms with E-state index in [4.69, 9.17) is 19.2 Å². The van der Waals surface area contributed by atoms with Crippen LogP contribution in [0.15, 0.2) is 10.5 Å². The summed E-state index contributed by atoms with van der Waals surface area (Å²) in [7, 11) is -3.00. The van der Waals surface area contributed by atoms with Gasteiger partial charge < -0.3 is 9.15 Å². The summed E-state index contributed by atoms with van der Waals surface area (Å²) in [5.74, 6) is 3.72. The van der Waals surface area contributed by atoms with Gasteiger partial charge in [-0.3, -0.25) is 0 Å². The van der Waals surface area contributed by atoms with Crippen molar-refractivity contribution >= 4 is 9.84 Å². The van der Waals surface area contributed by atoms with Crippen LogP contribution in [0.5, 0.6) is 0 Å². The number of hydrogen-bond acceptors (Lipinski definition) is 6. The molecule has 4 rings (SSSR count). The minimum atomic E-state index is -3.00. The highest BCUT2D eigenvalue weighted by Crippen LogP contribution is 2.34. The summed E-state index contributed by atoms with van der Waals surface area (Å²) in [5, 5.41) is 4.75. The van der Waals surface area contributed by atoms with Crippen LogP contribution in [0.1, 0.15) is 48.6 Å². The second kappa shape index (κ2) is 6.25. The normalized spacial score (nSPS) is 24.0. The van der Waals surface area contributed by atoms with Gasteiger partial charge in [0.25, 0.3) is 0 Å². The number of rotatable bonds is 3. The summed E-state index contributed by atoms with van der Waals surface area (Å²) in [6.45, 7) is 5.24.